The van der Waals surface area contributed by atoms with Crippen molar-refractivity contribution in [3.8, 4) is 5.69 Å². The molecular formula is C21H21F5N4O. The van der Waals surface area contributed by atoms with E-state index in [2.05, 4.69) is 15.1 Å². The predicted octanol–water partition coefficient (Wildman–Crippen LogP) is 4.48. The number of nitrogens with one attached hydrogen (secondary N) is 1. The normalized spacial score (nSPS) is 17.7. The van der Waals surface area contributed by atoms with Gasteiger partial charge in [0.05, 0.1) is 16.8 Å². The fourth-order valence-electron chi connectivity index (χ4n) is 3.74. The molecular weight excluding hydrogens is 419 g/mol. The molecule has 0 spiro atoms. The maximum atomic E-state index is 13.9. The lowest BCUT2D eigenvalue weighted by Gasteiger charge is -2.27. The molecule has 10 heteroatoms. The first-order valence-electron chi connectivity index (χ1n) is 9.76. The highest BCUT2D eigenvalue weighted by molar-refractivity contribution is 5.37. The average Bonchev–Trinajstić information content (AvgIpc) is 3.15. The van der Waals surface area contributed by atoms with E-state index in [4.69, 9.17) is 0 Å². The van der Waals surface area contributed by atoms with Crippen molar-refractivity contribution in [1.82, 2.24) is 19.7 Å². The number of H-pyrrole nitrogens is 1. The molecule has 1 fully saturated rings. The van der Waals surface area contributed by atoms with Crippen LogP contribution in [-0.4, -0.2) is 37.5 Å². The Labute approximate surface area is 174 Å². The van der Waals surface area contributed by atoms with Crippen molar-refractivity contribution in [2.45, 2.75) is 50.8 Å². The van der Waals surface area contributed by atoms with Gasteiger partial charge in [0.15, 0.2) is 5.60 Å². The van der Waals surface area contributed by atoms with Crippen LogP contribution in [0.5, 0.6) is 0 Å². The largest absolute Gasteiger partial charge is 0.394 e. The van der Waals surface area contributed by atoms with Crippen LogP contribution in [0.2, 0.25) is 0 Å². The topological polar surface area (TPSA) is 66.7 Å². The molecule has 1 atom stereocenters. The molecule has 1 aliphatic carbocycles. The third kappa shape index (κ3) is 3.96. The zero-order valence-corrected chi connectivity index (χ0v) is 16.6. The molecule has 1 aromatic carbocycles. The summed E-state index contributed by atoms with van der Waals surface area (Å²) < 4.78 is 69.2. The van der Waals surface area contributed by atoms with Gasteiger partial charge < -0.3 is 10.1 Å². The Morgan fingerprint density at radius 3 is 2.39 bits per heavy atom. The Kier molecular flexibility index (Phi) is 5.15. The van der Waals surface area contributed by atoms with Crippen LogP contribution in [0.1, 0.15) is 35.6 Å². The lowest BCUT2D eigenvalue weighted by atomic mass is 9.90. The Morgan fingerprint density at radius 1 is 1.19 bits per heavy atom. The molecule has 0 amide bonds. The van der Waals surface area contributed by atoms with Crippen molar-refractivity contribution in [2.75, 3.05) is 0 Å². The van der Waals surface area contributed by atoms with Gasteiger partial charge in [0.25, 0.3) is 6.43 Å². The molecule has 166 valence electrons. The van der Waals surface area contributed by atoms with Crippen molar-refractivity contribution < 1.29 is 27.1 Å². The van der Waals surface area contributed by atoms with Crippen LogP contribution in [0.25, 0.3) is 5.69 Å². The van der Waals surface area contributed by atoms with Crippen molar-refractivity contribution in [2.24, 2.45) is 5.41 Å². The summed E-state index contributed by atoms with van der Waals surface area (Å²) in [5.74, 6) is 0.0180. The minimum atomic E-state index is -4.33. The zero-order chi connectivity index (χ0) is 22.4. The first kappa shape index (κ1) is 21.5. The van der Waals surface area contributed by atoms with Crippen LogP contribution >= 0.6 is 0 Å². The number of rotatable bonds is 7. The van der Waals surface area contributed by atoms with E-state index in [1.54, 1.807) is 42.2 Å². The number of aryl methyl sites for hydroxylation is 1. The highest BCUT2D eigenvalue weighted by atomic mass is 19.4. The molecule has 0 aliphatic heterocycles. The molecule has 2 heterocycles. The summed E-state index contributed by atoms with van der Waals surface area (Å²) in [6.45, 7) is 1.55. The van der Waals surface area contributed by atoms with Gasteiger partial charge in [0.1, 0.15) is 5.82 Å². The van der Waals surface area contributed by atoms with Gasteiger partial charge in [-0.2, -0.15) is 18.3 Å². The molecule has 1 unspecified atom stereocenters. The van der Waals surface area contributed by atoms with Crippen molar-refractivity contribution in [3.63, 3.8) is 0 Å². The summed E-state index contributed by atoms with van der Waals surface area (Å²) >= 11 is 0. The van der Waals surface area contributed by atoms with E-state index < -0.39 is 30.0 Å². The summed E-state index contributed by atoms with van der Waals surface area (Å²) in [5.41, 5.74) is -3.16. The minimum Gasteiger partial charge on any atom is -0.379 e. The van der Waals surface area contributed by atoms with Crippen LogP contribution in [0.4, 0.5) is 22.0 Å². The summed E-state index contributed by atoms with van der Waals surface area (Å²) in [6, 6.07) is 7.57. The van der Waals surface area contributed by atoms with E-state index in [-0.39, 0.29) is 36.3 Å². The van der Waals surface area contributed by atoms with Crippen LogP contribution < -0.4 is 0 Å². The third-order valence-corrected chi connectivity index (χ3v) is 5.93. The molecule has 2 aromatic heterocycles. The van der Waals surface area contributed by atoms with E-state index in [1.807, 2.05) is 0 Å². The van der Waals surface area contributed by atoms with E-state index in [0.717, 1.165) is 0 Å². The second kappa shape index (κ2) is 7.44. The number of halogens is 5. The average molecular weight is 440 g/mol. The molecule has 31 heavy (non-hydrogen) atoms. The first-order valence-corrected chi connectivity index (χ1v) is 9.76. The van der Waals surface area contributed by atoms with Gasteiger partial charge in [-0.25, -0.2) is 18.4 Å². The maximum Gasteiger partial charge on any atom is 0.394 e. The Bertz CT molecular complexity index is 1040. The Balaban J connectivity index is 1.57. The summed E-state index contributed by atoms with van der Waals surface area (Å²) in [5, 5.41) is 14.9. The fraction of sp³-hybridized carbons (Fsp3) is 0.429. The monoisotopic (exact) mass is 440 g/mol. The van der Waals surface area contributed by atoms with Gasteiger partial charge in [-0.05, 0) is 43.5 Å². The highest BCUT2D eigenvalue weighted by Gasteiger charge is 2.63. The van der Waals surface area contributed by atoms with Gasteiger partial charge in [-0.3, -0.25) is 0 Å². The van der Waals surface area contributed by atoms with Gasteiger partial charge in [-0.15, -0.1) is 0 Å². The maximum absolute atomic E-state index is 13.9. The number of aromatic amines is 1. The number of aromatic nitrogens is 4. The quantitative estimate of drug-likeness (QED) is 0.533. The molecule has 0 radical (unpaired) electrons. The van der Waals surface area contributed by atoms with Crippen molar-refractivity contribution in [1.29, 1.82) is 0 Å². The first-order chi connectivity index (χ1) is 14.5. The summed E-state index contributed by atoms with van der Waals surface area (Å²) in [6.07, 6.45) is -5.01. The number of hydrogen-bond acceptors (Lipinski definition) is 3. The molecule has 0 bridgehead atoms. The van der Waals surface area contributed by atoms with Gasteiger partial charge in [-0.1, -0.05) is 12.1 Å². The van der Waals surface area contributed by atoms with Crippen LogP contribution in [0, 0.1) is 12.3 Å². The molecule has 2 N–H and O–H groups in total. The van der Waals surface area contributed by atoms with Crippen LogP contribution in [0.3, 0.4) is 0 Å². The zero-order valence-electron chi connectivity index (χ0n) is 16.6. The summed E-state index contributed by atoms with van der Waals surface area (Å²) in [4.78, 5) is 6.91. The second-order valence-electron chi connectivity index (χ2n) is 8.11. The lowest BCUT2D eigenvalue weighted by molar-refractivity contribution is -0.186. The Morgan fingerprint density at radius 2 is 1.87 bits per heavy atom. The van der Waals surface area contributed by atoms with Crippen LogP contribution in [0.15, 0.2) is 42.7 Å². The number of nitrogens with zero attached hydrogens (tertiary/aromatic N) is 3. The third-order valence-electron chi connectivity index (χ3n) is 5.93. The standard InChI is InChI=1S/C21H21F5N4O/c1-13-16(11-19(7-8-19)21(24,25)26)29-17(28-13)12-20(31,18(22)23)14-3-5-15(6-4-14)30-10-2-9-27-30/h2-6,9-10,18,31H,7-8,11-12H2,1H3,(H,28,29). The van der Waals surface area contributed by atoms with Crippen molar-refractivity contribution >= 4 is 0 Å². The predicted molar refractivity (Wildman–Crippen MR) is 102 cm³/mol. The van der Waals surface area contributed by atoms with Gasteiger partial charge >= 0.3 is 6.18 Å². The van der Waals surface area contributed by atoms with E-state index in [0.29, 0.717) is 11.4 Å². The van der Waals surface area contributed by atoms with E-state index in [1.165, 1.54) is 12.1 Å². The highest BCUT2D eigenvalue weighted by Crippen LogP contribution is 2.59. The van der Waals surface area contributed by atoms with Crippen molar-refractivity contribution in [3.05, 3.63) is 65.5 Å². The van der Waals surface area contributed by atoms with Gasteiger partial charge in [0.2, 0.25) is 0 Å². The molecule has 3 aromatic rings. The number of aliphatic hydroxyl groups is 1. The number of alkyl halides is 5. The second-order valence-corrected chi connectivity index (χ2v) is 8.11. The molecule has 0 saturated heterocycles. The summed E-state index contributed by atoms with van der Waals surface area (Å²) in [7, 11) is 0. The van der Waals surface area contributed by atoms with E-state index in [9.17, 15) is 27.1 Å². The SMILES string of the molecule is Cc1[nH]c(CC(O)(c2ccc(-n3cccn3)cc2)C(F)F)nc1CC1(C(F)(F)F)CC1. The number of imidazole rings is 1. The molecule has 5 nitrogen and oxygen atoms in total. The van der Waals surface area contributed by atoms with Gasteiger partial charge in [0, 0.05) is 30.9 Å². The smallest absolute Gasteiger partial charge is 0.379 e. The molecule has 4 rings (SSSR count). The molecule has 1 aliphatic rings. The number of hydrogen-bond donors (Lipinski definition) is 2. The molecule has 1 saturated carbocycles. The lowest BCUT2D eigenvalue weighted by Crippen LogP contribution is -2.37. The number of benzene rings is 1. The fourth-order valence-corrected chi connectivity index (χ4v) is 3.74. The Hall–Kier alpha value is -2.75. The van der Waals surface area contributed by atoms with Crippen LogP contribution in [-0.2, 0) is 18.4 Å². The van der Waals surface area contributed by atoms with E-state index >= 15 is 0 Å². The minimum absolute atomic E-state index is 0.0180.